The van der Waals surface area contributed by atoms with E-state index in [1.165, 1.54) is 32.1 Å². The predicted molar refractivity (Wildman–Crippen MR) is 83.1 cm³/mol. The highest BCUT2D eigenvalue weighted by Gasteiger charge is 2.40. The number of nitrogens with zero attached hydrogens (tertiary/aromatic N) is 1. The van der Waals surface area contributed by atoms with Crippen LogP contribution in [0.1, 0.15) is 38.5 Å². The molecule has 3 rings (SSSR count). The van der Waals surface area contributed by atoms with Crippen molar-refractivity contribution in [3.05, 3.63) is 0 Å². The lowest BCUT2D eigenvalue weighted by Crippen LogP contribution is -2.51. The summed E-state index contributed by atoms with van der Waals surface area (Å²) in [6.45, 7) is 3.91. The van der Waals surface area contributed by atoms with Gasteiger partial charge in [-0.3, -0.25) is 4.79 Å². The Bertz CT molecular complexity index is 309. The molecule has 1 aliphatic carbocycles. The molecule has 19 heavy (non-hydrogen) atoms. The quantitative estimate of drug-likeness (QED) is 0.807. The van der Waals surface area contributed by atoms with Crippen LogP contribution in [0.2, 0.25) is 0 Å². The average Bonchev–Trinajstić information content (AvgIpc) is 2.93. The number of thioether (sulfide) groups is 1. The summed E-state index contributed by atoms with van der Waals surface area (Å²) in [5, 5.41) is 3.31. The molecule has 2 aliphatic heterocycles. The summed E-state index contributed by atoms with van der Waals surface area (Å²) in [6.07, 6.45) is 7.80. The lowest BCUT2D eigenvalue weighted by Gasteiger charge is -2.45. The molecule has 0 bridgehead atoms. The topological polar surface area (TPSA) is 32.3 Å². The van der Waals surface area contributed by atoms with Crippen LogP contribution in [0.4, 0.5) is 0 Å². The minimum atomic E-state index is 0. The number of carbonyl (C=O) groups is 1. The van der Waals surface area contributed by atoms with Crippen molar-refractivity contribution in [2.24, 2.45) is 5.92 Å². The maximum atomic E-state index is 12.5. The second-order valence-corrected chi connectivity index (χ2v) is 7.60. The molecule has 3 nitrogen and oxygen atoms in total. The van der Waals surface area contributed by atoms with Crippen LogP contribution in [0.15, 0.2) is 0 Å². The summed E-state index contributed by atoms with van der Waals surface area (Å²) in [5.74, 6) is 1.82. The maximum Gasteiger partial charge on any atom is 0.227 e. The van der Waals surface area contributed by atoms with E-state index in [0.717, 1.165) is 38.4 Å². The SMILES string of the molecule is Cl.O=C(C1CCNC1)N1CCSC2(CCCCC2)C1. The number of rotatable bonds is 1. The first-order valence-corrected chi connectivity index (χ1v) is 8.41. The van der Waals surface area contributed by atoms with Gasteiger partial charge in [0.25, 0.3) is 0 Å². The Balaban J connectivity index is 0.00000133. The molecule has 0 aromatic heterocycles. The van der Waals surface area contributed by atoms with Gasteiger partial charge in [0.2, 0.25) is 5.91 Å². The van der Waals surface area contributed by atoms with Gasteiger partial charge in [0.1, 0.15) is 0 Å². The first-order valence-electron chi connectivity index (χ1n) is 7.43. The fraction of sp³-hybridized carbons (Fsp3) is 0.929. The zero-order chi connectivity index (χ0) is 12.4. The molecule has 1 unspecified atom stereocenters. The van der Waals surface area contributed by atoms with Crippen molar-refractivity contribution in [2.75, 3.05) is 31.9 Å². The third-order valence-corrected chi connectivity index (χ3v) is 6.27. The molecule has 5 heteroatoms. The highest BCUT2D eigenvalue weighted by atomic mass is 35.5. The van der Waals surface area contributed by atoms with E-state index in [2.05, 4.69) is 22.0 Å². The second kappa shape index (κ2) is 6.68. The molecular weight excluding hydrogens is 280 g/mol. The summed E-state index contributed by atoms with van der Waals surface area (Å²) < 4.78 is 0.415. The van der Waals surface area contributed by atoms with Crippen molar-refractivity contribution in [1.82, 2.24) is 10.2 Å². The van der Waals surface area contributed by atoms with Crippen molar-refractivity contribution in [3.8, 4) is 0 Å². The van der Waals surface area contributed by atoms with Crippen LogP contribution in [0.5, 0.6) is 0 Å². The molecule has 2 saturated heterocycles. The van der Waals surface area contributed by atoms with Gasteiger partial charge in [-0.05, 0) is 25.8 Å². The Labute approximate surface area is 126 Å². The highest BCUT2D eigenvalue weighted by molar-refractivity contribution is 8.00. The lowest BCUT2D eigenvalue weighted by molar-refractivity contribution is -0.135. The molecule has 2 heterocycles. The average molecular weight is 305 g/mol. The van der Waals surface area contributed by atoms with Gasteiger partial charge in [-0.1, -0.05) is 19.3 Å². The largest absolute Gasteiger partial charge is 0.340 e. The van der Waals surface area contributed by atoms with E-state index in [0.29, 0.717) is 10.7 Å². The fourth-order valence-corrected chi connectivity index (χ4v) is 5.22. The third kappa shape index (κ3) is 3.40. The van der Waals surface area contributed by atoms with Crippen LogP contribution in [0, 0.1) is 5.92 Å². The zero-order valence-electron chi connectivity index (χ0n) is 11.5. The summed E-state index contributed by atoms with van der Waals surface area (Å²) >= 11 is 2.14. The Morgan fingerprint density at radius 2 is 2.05 bits per heavy atom. The summed E-state index contributed by atoms with van der Waals surface area (Å²) in [7, 11) is 0. The van der Waals surface area contributed by atoms with E-state index < -0.39 is 0 Å². The smallest absolute Gasteiger partial charge is 0.227 e. The second-order valence-electron chi connectivity index (χ2n) is 6.04. The molecule has 1 N–H and O–H groups in total. The molecule has 0 radical (unpaired) electrons. The molecule has 110 valence electrons. The minimum Gasteiger partial charge on any atom is -0.340 e. The van der Waals surface area contributed by atoms with Gasteiger partial charge in [0.05, 0.1) is 5.92 Å². The molecule has 1 amide bonds. The van der Waals surface area contributed by atoms with E-state index >= 15 is 0 Å². The Hall–Kier alpha value is 0.0700. The molecule has 1 saturated carbocycles. The van der Waals surface area contributed by atoms with Gasteiger partial charge in [-0.25, -0.2) is 0 Å². The van der Waals surface area contributed by atoms with Gasteiger partial charge in [-0.15, -0.1) is 12.4 Å². The molecular formula is C14H25ClN2OS. The van der Waals surface area contributed by atoms with Crippen molar-refractivity contribution in [1.29, 1.82) is 0 Å². The van der Waals surface area contributed by atoms with Crippen LogP contribution in [0.25, 0.3) is 0 Å². The fourth-order valence-electron chi connectivity index (χ4n) is 3.66. The normalized spacial score (nSPS) is 30.1. The summed E-state index contributed by atoms with van der Waals surface area (Å²) in [4.78, 5) is 14.7. The highest BCUT2D eigenvalue weighted by Crippen LogP contribution is 2.43. The first kappa shape index (κ1) is 15.5. The standard InChI is InChI=1S/C14H24N2OS.ClH/c17-13(12-4-7-15-10-12)16-8-9-18-14(11-16)5-2-1-3-6-14;/h12,15H,1-11H2;1H. The minimum absolute atomic E-state index is 0. The predicted octanol–water partition coefficient (Wildman–Crippen LogP) is 2.30. The summed E-state index contributed by atoms with van der Waals surface area (Å²) in [6, 6.07) is 0. The number of nitrogens with one attached hydrogen (secondary N) is 1. The Morgan fingerprint density at radius 3 is 2.74 bits per heavy atom. The zero-order valence-corrected chi connectivity index (χ0v) is 13.2. The maximum absolute atomic E-state index is 12.5. The molecule has 3 fully saturated rings. The third-order valence-electron chi connectivity index (χ3n) is 4.73. The molecule has 1 atom stereocenters. The van der Waals surface area contributed by atoms with Crippen LogP contribution < -0.4 is 5.32 Å². The van der Waals surface area contributed by atoms with Gasteiger partial charge >= 0.3 is 0 Å². The van der Waals surface area contributed by atoms with E-state index in [9.17, 15) is 4.79 Å². The Morgan fingerprint density at radius 1 is 1.26 bits per heavy atom. The van der Waals surface area contributed by atoms with Gasteiger partial charge < -0.3 is 10.2 Å². The van der Waals surface area contributed by atoms with Crippen LogP contribution in [-0.4, -0.2) is 47.5 Å². The molecule has 3 aliphatic rings. The first-order chi connectivity index (χ1) is 8.79. The van der Waals surface area contributed by atoms with Crippen LogP contribution in [-0.2, 0) is 4.79 Å². The molecule has 1 spiro atoms. The number of amides is 1. The lowest BCUT2D eigenvalue weighted by atomic mass is 9.87. The molecule has 0 aromatic carbocycles. The monoisotopic (exact) mass is 304 g/mol. The van der Waals surface area contributed by atoms with Gasteiger partial charge in [0.15, 0.2) is 0 Å². The van der Waals surface area contributed by atoms with Crippen LogP contribution >= 0.6 is 24.2 Å². The number of hydrogen-bond acceptors (Lipinski definition) is 3. The number of hydrogen-bond donors (Lipinski definition) is 1. The van der Waals surface area contributed by atoms with Crippen LogP contribution in [0.3, 0.4) is 0 Å². The van der Waals surface area contributed by atoms with E-state index in [4.69, 9.17) is 0 Å². The van der Waals surface area contributed by atoms with Crippen molar-refractivity contribution in [3.63, 3.8) is 0 Å². The van der Waals surface area contributed by atoms with Gasteiger partial charge in [0, 0.05) is 30.1 Å². The molecule has 0 aromatic rings. The van der Waals surface area contributed by atoms with Crippen molar-refractivity contribution < 1.29 is 4.79 Å². The van der Waals surface area contributed by atoms with E-state index in [1.807, 2.05) is 0 Å². The van der Waals surface area contributed by atoms with Crippen molar-refractivity contribution in [2.45, 2.75) is 43.3 Å². The van der Waals surface area contributed by atoms with Crippen molar-refractivity contribution >= 4 is 30.1 Å². The van der Waals surface area contributed by atoms with Gasteiger partial charge in [-0.2, -0.15) is 11.8 Å². The number of carbonyl (C=O) groups excluding carboxylic acids is 1. The van der Waals surface area contributed by atoms with E-state index in [-0.39, 0.29) is 18.3 Å². The Kier molecular flexibility index (Phi) is 5.44. The van der Waals surface area contributed by atoms with E-state index in [1.54, 1.807) is 0 Å². The summed E-state index contributed by atoms with van der Waals surface area (Å²) in [5.41, 5.74) is 0. The number of halogens is 1.